The van der Waals surface area contributed by atoms with E-state index in [0.717, 1.165) is 50.1 Å². The number of aliphatic imine (C=N–C) groups is 1. The lowest BCUT2D eigenvalue weighted by Gasteiger charge is -2.35. The van der Waals surface area contributed by atoms with Crippen LogP contribution in [0.4, 0.5) is 0 Å². The molecule has 31 heavy (non-hydrogen) atoms. The minimum Gasteiger partial charge on any atom is -0.490 e. The quantitative estimate of drug-likeness (QED) is 0.390. The second kappa shape index (κ2) is 14.1. The molecule has 7 heteroatoms. The molecule has 0 aromatic heterocycles. The Morgan fingerprint density at radius 1 is 1.00 bits per heavy atom. The maximum absolute atomic E-state index is 5.73. The van der Waals surface area contributed by atoms with Crippen molar-refractivity contribution in [1.29, 1.82) is 0 Å². The summed E-state index contributed by atoms with van der Waals surface area (Å²) in [5, 5.41) is 6.91. The van der Waals surface area contributed by atoms with Gasteiger partial charge in [-0.1, -0.05) is 19.9 Å². The summed E-state index contributed by atoms with van der Waals surface area (Å²) < 4.78 is 11.4. The summed E-state index contributed by atoms with van der Waals surface area (Å²) in [5.74, 6) is 3.06. The van der Waals surface area contributed by atoms with Crippen LogP contribution in [-0.2, 0) is 6.42 Å². The molecule has 2 rings (SSSR count). The van der Waals surface area contributed by atoms with Gasteiger partial charge in [0.2, 0.25) is 0 Å². The minimum absolute atomic E-state index is 0.576. The first-order valence-corrected chi connectivity index (χ1v) is 11.9. The standard InChI is InChI=1S/C24H43N5O2/c1-6-28-13-15-29(16-14-28)19-20(4)18-27-24(25-5)26-12-11-21-9-10-22(30-7-2)23(17-21)31-8-3/h9-10,17,20H,6-8,11-16,18-19H2,1-5H3,(H2,25,26,27). The summed E-state index contributed by atoms with van der Waals surface area (Å²) in [6, 6.07) is 6.18. The van der Waals surface area contributed by atoms with Crippen LogP contribution in [0.1, 0.15) is 33.3 Å². The van der Waals surface area contributed by atoms with E-state index in [1.165, 1.54) is 31.7 Å². The molecule has 1 atom stereocenters. The smallest absolute Gasteiger partial charge is 0.190 e. The van der Waals surface area contributed by atoms with Crippen LogP contribution in [0, 0.1) is 5.92 Å². The lowest BCUT2D eigenvalue weighted by molar-refractivity contribution is 0.124. The molecule has 1 saturated heterocycles. The fourth-order valence-electron chi connectivity index (χ4n) is 3.86. The Bertz CT molecular complexity index is 659. The van der Waals surface area contributed by atoms with E-state index in [0.29, 0.717) is 19.1 Å². The Labute approximate surface area is 189 Å². The second-order valence-corrected chi connectivity index (χ2v) is 8.12. The number of hydrogen-bond donors (Lipinski definition) is 2. The van der Waals surface area contributed by atoms with Crippen LogP contribution in [0.3, 0.4) is 0 Å². The normalized spacial score (nSPS) is 16.7. The first kappa shape index (κ1) is 25.3. The number of hydrogen-bond acceptors (Lipinski definition) is 5. The highest BCUT2D eigenvalue weighted by Gasteiger charge is 2.17. The van der Waals surface area contributed by atoms with Crippen LogP contribution in [0.15, 0.2) is 23.2 Å². The summed E-state index contributed by atoms with van der Waals surface area (Å²) in [6.07, 6.45) is 0.893. The van der Waals surface area contributed by atoms with Crippen LogP contribution in [0.25, 0.3) is 0 Å². The number of nitrogens with zero attached hydrogens (tertiary/aromatic N) is 3. The van der Waals surface area contributed by atoms with Crippen LogP contribution in [0.5, 0.6) is 11.5 Å². The minimum atomic E-state index is 0.576. The van der Waals surface area contributed by atoms with Crippen LogP contribution < -0.4 is 20.1 Å². The van der Waals surface area contributed by atoms with Gasteiger partial charge in [-0.05, 0) is 50.4 Å². The van der Waals surface area contributed by atoms with Gasteiger partial charge in [-0.3, -0.25) is 4.99 Å². The number of rotatable bonds is 12. The van der Waals surface area contributed by atoms with E-state index >= 15 is 0 Å². The average Bonchev–Trinajstić information content (AvgIpc) is 2.78. The molecule has 1 aromatic carbocycles. The van der Waals surface area contributed by atoms with Crippen molar-refractivity contribution < 1.29 is 9.47 Å². The van der Waals surface area contributed by atoms with Gasteiger partial charge in [-0.2, -0.15) is 0 Å². The highest BCUT2D eigenvalue weighted by atomic mass is 16.5. The predicted octanol–water partition coefficient (Wildman–Crippen LogP) is 2.47. The maximum Gasteiger partial charge on any atom is 0.190 e. The fourth-order valence-corrected chi connectivity index (χ4v) is 3.86. The van der Waals surface area contributed by atoms with Gasteiger partial charge in [0.25, 0.3) is 0 Å². The molecule has 176 valence electrons. The van der Waals surface area contributed by atoms with Gasteiger partial charge in [-0.25, -0.2) is 0 Å². The van der Waals surface area contributed by atoms with E-state index in [4.69, 9.17) is 9.47 Å². The highest BCUT2D eigenvalue weighted by Crippen LogP contribution is 2.28. The van der Waals surface area contributed by atoms with E-state index in [2.05, 4.69) is 51.4 Å². The molecule has 1 aromatic rings. The van der Waals surface area contributed by atoms with Crippen molar-refractivity contribution in [3.63, 3.8) is 0 Å². The molecule has 0 saturated carbocycles. The largest absolute Gasteiger partial charge is 0.490 e. The van der Waals surface area contributed by atoms with Gasteiger partial charge in [0.15, 0.2) is 17.5 Å². The number of nitrogens with one attached hydrogen (secondary N) is 2. The van der Waals surface area contributed by atoms with E-state index in [1.807, 2.05) is 27.0 Å². The number of guanidine groups is 1. The molecule has 1 heterocycles. The predicted molar refractivity (Wildman–Crippen MR) is 130 cm³/mol. The molecule has 0 spiro atoms. The zero-order chi connectivity index (χ0) is 22.5. The molecule has 1 unspecified atom stereocenters. The van der Waals surface area contributed by atoms with E-state index in [1.54, 1.807) is 0 Å². The Balaban J connectivity index is 1.71. The van der Waals surface area contributed by atoms with Gasteiger partial charge < -0.3 is 29.9 Å². The van der Waals surface area contributed by atoms with Crippen molar-refractivity contribution in [1.82, 2.24) is 20.4 Å². The molecule has 1 fully saturated rings. The average molecular weight is 434 g/mol. The fraction of sp³-hybridized carbons (Fsp3) is 0.708. The molecule has 0 bridgehead atoms. The summed E-state index contributed by atoms with van der Waals surface area (Å²) in [4.78, 5) is 9.47. The topological polar surface area (TPSA) is 61.4 Å². The molecule has 0 amide bonds. The highest BCUT2D eigenvalue weighted by molar-refractivity contribution is 5.79. The number of benzene rings is 1. The Kier molecular flexibility index (Phi) is 11.5. The first-order chi connectivity index (χ1) is 15.1. The van der Waals surface area contributed by atoms with Gasteiger partial charge in [0, 0.05) is 52.9 Å². The first-order valence-electron chi connectivity index (χ1n) is 11.9. The molecular formula is C24H43N5O2. The summed E-state index contributed by atoms with van der Waals surface area (Å²) in [7, 11) is 1.83. The van der Waals surface area contributed by atoms with Crippen LogP contribution in [-0.4, -0.2) is 88.4 Å². The van der Waals surface area contributed by atoms with Crippen molar-refractivity contribution in [2.24, 2.45) is 10.9 Å². The lowest BCUT2D eigenvalue weighted by Crippen LogP contribution is -2.48. The molecule has 1 aliphatic heterocycles. The summed E-state index contributed by atoms with van der Waals surface area (Å²) in [5.41, 5.74) is 1.22. The third kappa shape index (κ3) is 8.95. The van der Waals surface area contributed by atoms with E-state index in [-0.39, 0.29) is 0 Å². The zero-order valence-corrected chi connectivity index (χ0v) is 20.2. The SMILES string of the molecule is CCOc1ccc(CCNC(=NC)NCC(C)CN2CCN(CC)CC2)cc1OCC. The Morgan fingerprint density at radius 3 is 2.32 bits per heavy atom. The van der Waals surface area contributed by atoms with Crippen molar-refractivity contribution in [2.75, 3.05) is 72.6 Å². The molecule has 0 aliphatic carbocycles. The van der Waals surface area contributed by atoms with Crippen molar-refractivity contribution in [3.8, 4) is 11.5 Å². The van der Waals surface area contributed by atoms with Crippen molar-refractivity contribution >= 4 is 5.96 Å². The monoisotopic (exact) mass is 433 g/mol. The molecule has 7 nitrogen and oxygen atoms in total. The summed E-state index contributed by atoms with van der Waals surface area (Å²) >= 11 is 0. The molecule has 0 radical (unpaired) electrons. The van der Waals surface area contributed by atoms with Crippen molar-refractivity contribution in [2.45, 2.75) is 34.1 Å². The van der Waals surface area contributed by atoms with E-state index < -0.39 is 0 Å². The van der Waals surface area contributed by atoms with Crippen molar-refractivity contribution in [3.05, 3.63) is 23.8 Å². The lowest BCUT2D eigenvalue weighted by atomic mass is 10.1. The van der Waals surface area contributed by atoms with Gasteiger partial charge in [-0.15, -0.1) is 0 Å². The number of likely N-dealkylation sites (N-methyl/N-ethyl adjacent to an activating group) is 1. The maximum atomic E-state index is 5.73. The second-order valence-electron chi connectivity index (χ2n) is 8.12. The Hall–Kier alpha value is -1.99. The third-order valence-electron chi connectivity index (χ3n) is 5.64. The third-order valence-corrected chi connectivity index (χ3v) is 5.64. The molecule has 1 aliphatic rings. The van der Waals surface area contributed by atoms with Crippen LogP contribution >= 0.6 is 0 Å². The van der Waals surface area contributed by atoms with Gasteiger partial charge >= 0.3 is 0 Å². The number of piperazine rings is 1. The zero-order valence-electron chi connectivity index (χ0n) is 20.2. The van der Waals surface area contributed by atoms with E-state index in [9.17, 15) is 0 Å². The van der Waals surface area contributed by atoms with Crippen LogP contribution in [0.2, 0.25) is 0 Å². The molecule has 2 N–H and O–H groups in total. The van der Waals surface area contributed by atoms with Gasteiger partial charge in [0.1, 0.15) is 0 Å². The van der Waals surface area contributed by atoms with Gasteiger partial charge in [0.05, 0.1) is 13.2 Å². The molecular weight excluding hydrogens is 390 g/mol. The summed E-state index contributed by atoms with van der Waals surface area (Å²) in [6.45, 7) is 18.6. The Morgan fingerprint density at radius 2 is 1.68 bits per heavy atom. The number of ether oxygens (including phenoxy) is 2.